The zero-order valence-corrected chi connectivity index (χ0v) is 23.1. The van der Waals surface area contributed by atoms with Crippen LogP contribution in [0.25, 0.3) is 10.8 Å². The third-order valence-corrected chi connectivity index (χ3v) is 6.59. The Bertz CT molecular complexity index is 1440. The van der Waals surface area contributed by atoms with E-state index in [1.165, 1.54) is 16.3 Å². The predicted octanol–water partition coefficient (Wildman–Crippen LogP) is 1.88. The van der Waals surface area contributed by atoms with E-state index in [0.717, 1.165) is 6.42 Å². The number of ether oxygens (including phenoxy) is 2. The Morgan fingerprint density at radius 3 is 2.57 bits per heavy atom. The van der Waals surface area contributed by atoms with Crippen molar-refractivity contribution >= 4 is 34.2 Å². The summed E-state index contributed by atoms with van der Waals surface area (Å²) in [4.78, 5) is 24.0. The number of nitrogens with one attached hydrogen (secondary N) is 1. The molecule has 182 valence electrons. The molecule has 1 unspecified atom stereocenters. The van der Waals surface area contributed by atoms with Crippen molar-refractivity contribution < 1.29 is 53.7 Å². The average molecular weight is 524 g/mol. The van der Waals surface area contributed by atoms with Gasteiger partial charge in [-0.1, -0.05) is 54.1 Å². The second-order valence-corrected chi connectivity index (χ2v) is 9.01. The van der Waals surface area contributed by atoms with Crippen LogP contribution in [0.15, 0.2) is 78.9 Å². The smallest absolute Gasteiger partial charge is 0.549 e. The number of hydrogen-bond donors (Lipinski definition) is 1. The molecule has 0 spiro atoms. The van der Waals surface area contributed by atoms with Gasteiger partial charge in [0, 0.05) is 35.6 Å². The molecular weight excluding hydrogens is 501 g/mol. The van der Waals surface area contributed by atoms with Crippen molar-refractivity contribution in [3.05, 3.63) is 101 Å². The average Bonchev–Trinajstić information content (AvgIpc) is 2.89. The standard InChI is InChI=1S/C29H24ClNO5.Na/c30-25-16-24-23(29(33)34)13-15-35-26(24)17-27(25)36-21-10-8-20(9-11-21)28(32)31-14-12-19-6-3-5-18-4-1-2-7-22(18)19;/h1-11,16-17,23H,12-15H2,(H,31,32)(H,33,34);/q;+1/p-1. The summed E-state index contributed by atoms with van der Waals surface area (Å²) in [5.41, 5.74) is 2.18. The van der Waals surface area contributed by atoms with Crippen LogP contribution in [-0.2, 0) is 11.2 Å². The molecule has 0 radical (unpaired) electrons. The first-order chi connectivity index (χ1) is 17.5. The van der Waals surface area contributed by atoms with E-state index in [0.29, 0.717) is 41.3 Å². The maximum atomic E-state index is 12.6. The van der Waals surface area contributed by atoms with Crippen LogP contribution < -0.4 is 49.5 Å². The molecule has 4 aromatic carbocycles. The third-order valence-electron chi connectivity index (χ3n) is 6.29. The van der Waals surface area contributed by atoms with Crippen LogP contribution >= 0.6 is 11.6 Å². The Balaban J connectivity index is 0.00000320. The second-order valence-electron chi connectivity index (χ2n) is 8.60. The Hall–Kier alpha value is -3.03. The van der Waals surface area contributed by atoms with Crippen molar-refractivity contribution in [2.75, 3.05) is 13.2 Å². The summed E-state index contributed by atoms with van der Waals surface area (Å²) >= 11 is 6.35. The first-order valence-corrected chi connectivity index (χ1v) is 12.1. The van der Waals surface area contributed by atoms with Gasteiger partial charge in [0.25, 0.3) is 5.91 Å². The minimum atomic E-state index is -1.16. The van der Waals surface area contributed by atoms with Crippen LogP contribution in [0, 0.1) is 0 Å². The number of aliphatic carboxylic acids is 1. The van der Waals surface area contributed by atoms with Crippen LogP contribution in [0.4, 0.5) is 0 Å². The van der Waals surface area contributed by atoms with Gasteiger partial charge in [0.05, 0.1) is 11.6 Å². The van der Waals surface area contributed by atoms with Gasteiger partial charge in [-0.05, 0) is 59.5 Å². The monoisotopic (exact) mass is 523 g/mol. The zero-order chi connectivity index (χ0) is 25.1. The normalized spacial score (nSPS) is 14.1. The molecule has 0 bridgehead atoms. The van der Waals surface area contributed by atoms with E-state index in [4.69, 9.17) is 21.1 Å². The van der Waals surface area contributed by atoms with Crippen molar-refractivity contribution in [3.8, 4) is 17.2 Å². The van der Waals surface area contributed by atoms with Crippen molar-refractivity contribution in [1.82, 2.24) is 5.32 Å². The van der Waals surface area contributed by atoms with Crippen molar-refractivity contribution in [3.63, 3.8) is 0 Å². The molecule has 0 aromatic heterocycles. The molecule has 0 saturated heterocycles. The van der Waals surface area contributed by atoms with Crippen LogP contribution in [0.2, 0.25) is 5.02 Å². The third kappa shape index (κ3) is 6.11. The van der Waals surface area contributed by atoms with Gasteiger partial charge < -0.3 is 24.7 Å². The van der Waals surface area contributed by atoms with Crippen molar-refractivity contribution in [2.45, 2.75) is 18.8 Å². The molecule has 37 heavy (non-hydrogen) atoms. The number of carbonyl (C=O) groups is 2. The van der Waals surface area contributed by atoms with Crippen LogP contribution in [0.5, 0.6) is 17.2 Å². The van der Waals surface area contributed by atoms with Gasteiger partial charge in [-0.2, -0.15) is 0 Å². The topological polar surface area (TPSA) is 87.7 Å². The number of amides is 1. The molecule has 1 heterocycles. The Kier molecular flexibility index (Phi) is 8.77. The Morgan fingerprint density at radius 1 is 1.03 bits per heavy atom. The first kappa shape index (κ1) is 27.0. The summed E-state index contributed by atoms with van der Waals surface area (Å²) in [6.07, 6.45) is 1.06. The zero-order valence-electron chi connectivity index (χ0n) is 20.3. The number of halogens is 1. The fourth-order valence-corrected chi connectivity index (χ4v) is 4.65. The van der Waals surface area contributed by atoms with E-state index in [9.17, 15) is 14.7 Å². The van der Waals surface area contributed by atoms with Gasteiger partial charge >= 0.3 is 29.6 Å². The minimum Gasteiger partial charge on any atom is -0.549 e. The molecule has 0 fully saturated rings. The molecule has 6 nitrogen and oxygen atoms in total. The summed E-state index contributed by atoms with van der Waals surface area (Å²) in [6, 6.07) is 24.2. The van der Waals surface area contributed by atoms with E-state index in [2.05, 4.69) is 29.6 Å². The molecular formula is C29H23ClNNaO5. The molecule has 1 aliphatic rings. The van der Waals surface area contributed by atoms with Gasteiger partial charge in [0.15, 0.2) is 0 Å². The largest absolute Gasteiger partial charge is 1.00 e. The summed E-state index contributed by atoms with van der Waals surface area (Å²) < 4.78 is 11.5. The summed E-state index contributed by atoms with van der Waals surface area (Å²) in [5.74, 6) is -0.862. The van der Waals surface area contributed by atoms with Gasteiger partial charge in [-0.3, -0.25) is 4.79 Å². The van der Waals surface area contributed by atoms with Crippen molar-refractivity contribution in [2.24, 2.45) is 0 Å². The molecule has 1 N–H and O–H groups in total. The molecule has 8 heteroatoms. The number of hydrogen-bond acceptors (Lipinski definition) is 5. The number of carbonyl (C=O) groups excluding carboxylic acids is 2. The number of carboxylic acids is 1. The summed E-state index contributed by atoms with van der Waals surface area (Å²) in [7, 11) is 0. The first-order valence-electron chi connectivity index (χ1n) is 11.7. The van der Waals surface area contributed by atoms with Crippen LogP contribution in [0.3, 0.4) is 0 Å². The van der Waals surface area contributed by atoms with Gasteiger partial charge in [0.1, 0.15) is 17.2 Å². The maximum Gasteiger partial charge on any atom is 1.00 e. The molecule has 5 rings (SSSR count). The van der Waals surface area contributed by atoms with E-state index in [1.54, 1.807) is 36.4 Å². The molecule has 0 aliphatic carbocycles. The molecule has 0 saturated carbocycles. The number of fused-ring (bicyclic) bond motifs is 2. The van der Waals surface area contributed by atoms with Crippen LogP contribution in [-0.4, -0.2) is 25.0 Å². The van der Waals surface area contributed by atoms with E-state index in [-0.39, 0.29) is 47.1 Å². The molecule has 4 aromatic rings. The Morgan fingerprint density at radius 2 is 1.78 bits per heavy atom. The maximum absolute atomic E-state index is 12.6. The fourth-order valence-electron chi connectivity index (χ4n) is 4.44. The van der Waals surface area contributed by atoms with Gasteiger partial charge in [-0.15, -0.1) is 0 Å². The number of benzene rings is 4. The van der Waals surface area contributed by atoms with E-state index < -0.39 is 11.9 Å². The minimum absolute atomic E-state index is 0. The predicted molar refractivity (Wildman–Crippen MR) is 136 cm³/mol. The van der Waals surface area contributed by atoms with E-state index in [1.807, 2.05) is 18.2 Å². The van der Waals surface area contributed by atoms with E-state index >= 15 is 0 Å². The van der Waals surface area contributed by atoms with Gasteiger partial charge in [0.2, 0.25) is 0 Å². The van der Waals surface area contributed by atoms with Crippen molar-refractivity contribution in [1.29, 1.82) is 0 Å². The summed E-state index contributed by atoms with van der Waals surface area (Å²) in [5, 5.41) is 17.0. The number of carboxylic acid groups (broad SMARTS) is 1. The summed E-state index contributed by atoms with van der Waals surface area (Å²) in [6.45, 7) is 0.791. The number of rotatable bonds is 7. The quantitative estimate of drug-likeness (QED) is 0.374. The SMILES string of the molecule is O=C(NCCc1cccc2ccccc12)c1ccc(Oc2cc3c(cc2Cl)C(C(=O)[O-])CCO3)cc1.[Na+]. The fraction of sp³-hybridized carbons (Fsp3) is 0.172. The van der Waals surface area contributed by atoms with Gasteiger partial charge in [-0.25, -0.2) is 0 Å². The second kappa shape index (κ2) is 12.0. The molecule has 1 aliphatic heterocycles. The molecule has 1 amide bonds. The Labute approximate surface area is 241 Å². The van der Waals surface area contributed by atoms with Crippen LogP contribution in [0.1, 0.15) is 33.8 Å². The molecule has 1 atom stereocenters.